The molecule has 29 heavy (non-hydrogen) atoms. The number of nitrogens with zero attached hydrogens (tertiary/aromatic N) is 2. The number of aromatic nitrogens is 1. The van der Waals surface area contributed by atoms with Crippen molar-refractivity contribution < 1.29 is 4.79 Å². The van der Waals surface area contributed by atoms with Crippen LogP contribution in [0.1, 0.15) is 24.0 Å². The molecular weight excluding hydrogens is 360 g/mol. The molecule has 0 saturated carbocycles. The van der Waals surface area contributed by atoms with Gasteiger partial charge in [0.1, 0.15) is 5.82 Å². The molecule has 0 aliphatic carbocycles. The van der Waals surface area contributed by atoms with E-state index in [-0.39, 0.29) is 6.03 Å². The van der Waals surface area contributed by atoms with Crippen LogP contribution >= 0.6 is 0 Å². The van der Waals surface area contributed by atoms with Gasteiger partial charge in [-0.25, -0.2) is 9.78 Å². The van der Waals surface area contributed by atoms with Crippen molar-refractivity contribution >= 4 is 23.2 Å². The van der Waals surface area contributed by atoms with E-state index in [0.717, 1.165) is 52.7 Å². The van der Waals surface area contributed by atoms with Crippen LogP contribution in [0.3, 0.4) is 0 Å². The topological polar surface area (TPSA) is 57.3 Å². The smallest absolute Gasteiger partial charge is 0.323 e. The van der Waals surface area contributed by atoms with Gasteiger partial charge in [-0.3, -0.25) is 0 Å². The molecule has 0 spiro atoms. The summed E-state index contributed by atoms with van der Waals surface area (Å²) in [6.45, 7) is 6.11. The molecule has 0 atom stereocenters. The highest BCUT2D eigenvalue weighted by molar-refractivity contribution is 6.01. The normalized spacial score (nSPS) is 13.4. The van der Waals surface area contributed by atoms with Gasteiger partial charge in [-0.05, 0) is 62.1 Å². The van der Waals surface area contributed by atoms with Crippen molar-refractivity contribution in [2.75, 3.05) is 28.6 Å². The van der Waals surface area contributed by atoms with Crippen LogP contribution in [0.15, 0.2) is 60.7 Å². The van der Waals surface area contributed by atoms with E-state index in [2.05, 4.69) is 21.6 Å². The summed E-state index contributed by atoms with van der Waals surface area (Å²) in [5.41, 5.74) is 5.55. The number of rotatable bonds is 4. The minimum Gasteiger partial charge on any atom is -0.357 e. The van der Waals surface area contributed by atoms with Crippen molar-refractivity contribution in [2.45, 2.75) is 26.7 Å². The number of para-hydroxylation sites is 1. The van der Waals surface area contributed by atoms with Gasteiger partial charge < -0.3 is 15.5 Å². The Morgan fingerprint density at radius 3 is 2.34 bits per heavy atom. The number of aryl methyl sites for hydroxylation is 2. The summed E-state index contributed by atoms with van der Waals surface area (Å²) in [5, 5.41) is 5.90. The zero-order chi connectivity index (χ0) is 20.2. The van der Waals surface area contributed by atoms with Gasteiger partial charge in [-0.2, -0.15) is 0 Å². The zero-order valence-corrected chi connectivity index (χ0v) is 16.9. The van der Waals surface area contributed by atoms with Gasteiger partial charge in [0.2, 0.25) is 0 Å². The lowest BCUT2D eigenvalue weighted by Crippen LogP contribution is -2.20. The van der Waals surface area contributed by atoms with Gasteiger partial charge in [0.15, 0.2) is 0 Å². The number of anilines is 3. The zero-order valence-electron chi connectivity index (χ0n) is 16.9. The van der Waals surface area contributed by atoms with Gasteiger partial charge >= 0.3 is 6.03 Å². The van der Waals surface area contributed by atoms with Gasteiger partial charge in [0.25, 0.3) is 0 Å². The second-order valence-corrected chi connectivity index (χ2v) is 7.50. The van der Waals surface area contributed by atoms with Crippen LogP contribution in [-0.2, 0) is 0 Å². The van der Waals surface area contributed by atoms with Crippen LogP contribution in [0.4, 0.5) is 22.0 Å². The number of carbonyl (C=O) groups is 1. The maximum absolute atomic E-state index is 12.5. The number of hydrogen-bond donors (Lipinski definition) is 2. The highest BCUT2D eigenvalue weighted by Crippen LogP contribution is 2.25. The predicted octanol–water partition coefficient (Wildman–Crippen LogP) is 5.61. The predicted molar refractivity (Wildman–Crippen MR) is 120 cm³/mol. The number of hydrogen-bond acceptors (Lipinski definition) is 3. The fourth-order valence-corrected chi connectivity index (χ4v) is 3.75. The molecule has 5 heteroatoms. The average molecular weight is 386 g/mol. The molecule has 3 aromatic rings. The first kappa shape index (κ1) is 19.0. The molecular formula is C24H26N4O. The number of amides is 2. The molecule has 1 aliphatic rings. The molecule has 1 saturated heterocycles. The van der Waals surface area contributed by atoms with Gasteiger partial charge in [0.05, 0.1) is 5.69 Å². The number of benzene rings is 2. The number of carbonyl (C=O) groups excluding carboxylic acids is 1. The number of pyridine rings is 1. The standard InChI is InChI=1S/C24H26N4O/c1-17-8-5-9-18(2)23(17)27-24(29)25-20-11-6-10-19(16-20)21-12-7-13-22(26-21)28-14-3-4-15-28/h5-13,16H,3-4,14-15H2,1-2H3,(H2,25,27,29). The quantitative estimate of drug-likeness (QED) is 0.613. The van der Waals surface area contributed by atoms with Crippen molar-refractivity contribution in [2.24, 2.45) is 0 Å². The third-order valence-corrected chi connectivity index (χ3v) is 5.30. The van der Waals surface area contributed by atoms with Crippen LogP contribution in [0.2, 0.25) is 0 Å². The molecule has 5 nitrogen and oxygen atoms in total. The maximum atomic E-state index is 12.5. The van der Waals surface area contributed by atoms with E-state index < -0.39 is 0 Å². The van der Waals surface area contributed by atoms with E-state index in [1.165, 1.54) is 12.8 Å². The molecule has 0 radical (unpaired) electrons. The third-order valence-electron chi connectivity index (χ3n) is 5.30. The molecule has 2 heterocycles. The van der Waals surface area contributed by atoms with Crippen LogP contribution in [-0.4, -0.2) is 24.1 Å². The maximum Gasteiger partial charge on any atom is 0.323 e. The molecule has 2 amide bonds. The Hall–Kier alpha value is -3.34. The summed E-state index contributed by atoms with van der Waals surface area (Å²) in [6, 6.07) is 19.6. The Bertz CT molecular complexity index is 1000. The van der Waals surface area contributed by atoms with Gasteiger partial charge in [-0.1, -0.05) is 36.4 Å². The summed E-state index contributed by atoms with van der Waals surface area (Å²) in [6.07, 6.45) is 2.45. The van der Waals surface area contributed by atoms with Crippen molar-refractivity contribution in [3.63, 3.8) is 0 Å². The van der Waals surface area contributed by atoms with Gasteiger partial charge in [-0.15, -0.1) is 0 Å². The minimum absolute atomic E-state index is 0.252. The van der Waals surface area contributed by atoms with Crippen molar-refractivity contribution in [3.8, 4) is 11.3 Å². The van der Waals surface area contributed by atoms with Crippen molar-refractivity contribution in [1.82, 2.24) is 4.98 Å². The molecule has 1 aliphatic heterocycles. The van der Waals surface area contributed by atoms with E-state index in [0.29, 0.717) is 0 Å². The third kappa shape index (κ3) is 4.40. The Morgan fingerprint density at radius 1 is 0.897 bits per heavy atom. The first-order valence-electron chi connectivity index (χ1n) is 10.1. The lowest BCUT2D eigenvalue weighted by molar-refractivity contribution is 0.262. The summed E-state index contributed by atoms with van der Waals surface area (Å²) in [5.74, 6) is 1.02. The largest absolute Gasteiger partial charge is 0.357 e. The van der Waals surface area contributed by atoms with Crippen LogP contribution in [0, 0.1) is 13.8 Å². The number of nitrogens with one attached hydrogen (secondary N) is 2. The second-order valence-electron chi connectivity index (χ2n) is 7.50. The van der Waals surface area contributed by atoms with E-state index in [4.69, 9.17) is 4.98 Å². The molecule has 4 rings (SSSR count). The fourth-order valence-electron chi connectivity index (χ4n) is 3.75. The van der Waals surface area contributed by atoms with Crippen molar-refractivity contribution in [1.29, 1.82) is 0 Å². The SMILES string of the molecule is Cc1cccc(C)c1NC(=O)Nc1cccc(-c2cccc(N3CCCC3)n2)c1. The first-order valence-corrected chi connectivity index (χ1v) is 10.1. The average Bonchev–Trinajstić information content (AvgIpc) is 3.26. The number of urea groups is 1. The van der Waals surface area contributed by atoms with Crippen LogP contribution in [0.25, 0.3) is 11.3 Å². The van der Waals surface area contributed by atoms with E-state index in [9.17, 15) is 4.79 Å². The van der Waals surface area contributed by atoms with Crippen LogP contribution < -0.4 is 15.5 Å². The summed E-state index contributed by atoms with van der Waals surface area (Å²) < 4.78 is 0. The summed E-state index contributed by atoms with van der Waals surface area (Å²) in [7, 11) is 0. The Morgan fingerprint density at radius 2 is 1.59 bits per heavy atom. The Balaban J connectivity index is 1.50. The first-order chi connectivity index (χ1) is 14.1. The Kier molecular flexibility index (Phi) is 5.47. The molecule has 0 bridgehead atoms. The minimum atomic E-state index is -0.252. The Labute approximate surface area is 171 Å². The monoisotopic (exact) mass is 386 g/mol. The molecule has 0 unspecified atom stereocenters. The molecule has 1 aromatic heterocycles. The lowest BCUT2D eigenvalue weighted by atomic mass is 10.1. The van der Waals surface area contributed by atoms with E-state index >= 15 is 0 Å². The summed E-state index contributed by atoms with van der Waals surface area (Å²) in [4.78, 5) is 19.7. The molecule has 2 aromatic carbocycles. The highest BCUT2D eigenvalue weighted by Gasteiger charge is 2.14. The fraction of sp³-hybridized carbons (Fsp3) is 0.250. The summed E-state index contributed by atoms with van der Waals surface area (Å²) >= 11 is 0. The van der Waals surface area contributed by atoms with Gasteiger partial charge in [0, 0.05) is 30.0 Å². The highest BCUT2D eigenvalue weighted by atomic mass is 16.2. The van der Waals surface area contributed by atoms with Crippen LogP contribution in [0.5, 0.6) is 0 Å². The van der Waals surface area contributed by atoms with Crippen molar-refractivity contribution in [3.05, 3.63) is 71.8 Å². The van der Waals surface area contributed by atoms with E-state index in [1.807, 2.05) is 68.4 Å². The molecule has 1 fully saturated rings. The molecule has 2 N–H and O–H groups in total. The lowest BCUT2D eigenvalue weighted by Gasteiger charge is -2.17. The van der Waals surface area contributed by atoms with E-state index in [1.54, 1.807) is 0 Å². The molecule has 148 valence electrons. The second kappa shape index (κ2) is 8.35.